The lowest BCUT2D eigenvalue weighted by molar-refractivity contribution is -0.120. The Hall–Kier alpha value is -3.27. The highest BCUT2D eigenvalue weighted by Gasteiger charge is 2.16. The summed E-state index contributed by atoms with van der Waals surface area (Å²) in [5.74, 6) is -2.22. The van der Waals surface area contributed by atoms with E-state index in [1.54, 1.807) is 6.92 Å². The maximum atomic E-state index is 13.0. The summed E-state index contributed by atoms with van der Waals surface area (Å²) in [7, 11) is 0. The van der Waals surface area contributed by atoms with Crippen LogP contribution in [-0.2, 0) is 9.53 Å². The van der Waals surface area contributed by atoms with E-state index in [9.17, 15) is 18.8 Å². The van der Waals surface area contributed by atoms with Gasteiger partial charge in [0, 0.05) is 10.6 Å². The van der Waals surface area contributed by atoms with Crippen LogP contribution in [0.15, 0.2) is 29.3 Å². The van der Waals surface area contributed by atoms with E-state index in [2.05, 4.69) is 10.4 Å². The highest BCUT2D eigenvalue weighted by molar-refractivity contribution is 7.18. The lowest BCUT2D eigenvalue weighted by atomic mass is 10.2. The minimum atomic E-state index is -0.882. The van der Waals surface area contributed by atoms with Gasteiger partial charge in [-0.2, -0.15) is 0 Å². The molecule has 27 heavy (non-hydrogen) atoms. The van der Waals surface area contributed by atoms with Gasteiger partial charge >= 0.3 is 5.97 Å². The van der Waals surface area contributed by atoms with Crippen LogP contribution >= 0.6 is 11.3 Å². The monoisotopic (exact) mass is 390 g/mol. The van der Waals surface area contributed by atoms with E-state index < -0.39 is 29.9 Å². The second-order valence-corrected chi connectivity index (χ2v) is 6.93. The number of fused-ring (bicyclic) bond motifs is 1. The fourth-order valence-electron chi connectivity index (χ4n) is 2.41. The first kappa shape index (κ1) is 18.5. The van der Waals surface area contributed by atoms with Gasteiger partial charge < -0.3 is 10.5 Å². The molecule has 0 bridgehead atoms. The highest BCUT2D eigenvalue weighted by Crippen LogP contribution is 2.25. The van der Waals surface area contributed by atoms with E-state index in [0.29, 0.717) is 10.2 Å². The molecule has 1 amide bonds. The molecule has 2 heterocycles. The first-order valence-corrected chi connectivity index (χ1v) is 8.59. The Bertz CT molecular complexity index is 1120. The van der Waals surface area contributed by atoms with Crippen molar-refractivity contribution in [3.8, 4) is 0 Å². The lowest BCUT2D eigenvalue weighted by Crippen LogP contribution is -2.35. The SMILES string of the molecule is Cc1sc2ncn(NC(=O)COC(=O)c3ccc(F)cc3N)c(=O)c2c1C. The Morgan fingerprint density at radius 1 is 1.37 bits per heavy atom. The zero-order chi connectivity index (χ0) is 19.7. The number of amides is 1. The summed E-state index contributed by atoms with van der Waals surface area (Å²) in [6.07, 6.45) is 1.19. The fraction of sp³-hybridized carbons (Fsp3) is 0.176. The average molecular weight is 390 g/mol. The normalized spacial score (nSPS) is 10.8. The number of anilines is 1. The number of rotatable bonds is 4. The first-order chi connectivity index (χ1) is 12.8. The topological polar surface area (TPSA) is 116 Å². The molecule has 0 aliphatic rings. The van der Waals surface area contributed by atoms with E-state index >= 15 is 0 Å². The Kier molecular flexibility index (Phi) is 4.91. The number of halogens is 1. The number of carbonyl (C=O) groups is 2. The smallest absolute Gasteiger partial charge is 0.340 e. The second kappa shape index (κ2) is 7.16. The Morgan fingerprint density at radius 3 is 2.81 bits per heavy atom. The number of thiophene rings is 1. The number of nitrogens with two attached hydrogens (primary N) is 1. The van der Waals surface area contributed by atoms with Gasteiger partial charge in [-0.3, -0.25) is 15.0 Å². The van der Waals surface area contributed by atoms with Crippen molar-refractivity contribution in [3.05, 3.63) is 56.7 Å². The van der Waals surface area contributed by atoms with Crippen molar-refractivity contribution < 1.29 is 18.7 Å². The van der Waals surface area contributed by atoms with Crippen molar-refractivity contribution in [2.45, 2.75) is 13.8 Å². The van der Waals surface area contributed by atoms with E-state index in [-0.39, 0.29) is 11.3 Å². The van der Waals surface area contributed by atoms with Gasteiger partial charge in [0.05, 0.1) is 10.9 Å². The molecule has 0 radical (unpaired) electrons. The van der Waals surface area contributed by atoms with E-state index in [1.165, 1.54) is 17.7 Å². The van der Waals surface area contributed by atoms with Gasteiger partial charge in [0.2, 0.25) is 0 Å². The van der Waals surface area contributed by atoms with Gasteiger partial charge in [-0.15, -0.1) is 11.3 Å². The number of hydrogen-bond donors (Lipinski definition) is 2. The quantitative estimate of drug-likeness (QED) is 0.518. The maximum absolute atomic E-state index is 13.0. The Morgan fingerprint density at radius 2 is 2.11 bits per heavy atom. The molecule has 0 saturated heterocycles. The van der Waals surface area contributed by atoms with Crippen molar-refractivity contribution >= 4 is 39.1 Å². The molecule has 0 saturated carbocycles. The molecule has 10 heteroatoms. The number of nitrogen functional groups attached to an aromatic ring is 1. The number of nitrogens with one attached hydrogen (secondary N) is 1. The van der Waals surface area contributed by atoms with Crippen LogP contribution in [0.25, 0.3) is 10.2 Å². The van der Waals surface area contributed by atoms with Crippen LogP contribution in [0.3, 0.4) is 0 Å². The molecule has 0 fully saturated rings. The minimum Gasteiger partial charge on any atom is -0.452 e. The summed E-state index contributed by atoms with van der Waals surface area (Å²) >= 11 is 1.39. The first-order valence-electron chi connectivity index (χ1n) is 7.77. The number of nitrogens with zero attached hydrogens (tertiary/aromatic N) is 2. The third kappa shape index (κ3) is 3.65. The van der Waals surface area contributed by atoms with Gasteiger partial charge in [0.1, 0.15) is 17.0 Å². The lowest BCUT2D eigenvalue weighted by Gasteiger charge is -2.09. The molecule has 1 aromatic carbocycles. The largest absolute Gasteiger partial charge is 0.452 e. The van der Waals surface area contributed by atoms with Crippen LogP contribution in [-0.4, -0.2) is 28.1 Å². The standard InChI is InChI=1S/C17H15FN4O4S/c1-8-9(2)27-15-14(8)16(24)22(7-20-15)21-13(23)6-26-17(25)11-4-3-10(18)5-12(11)19/h3-5,7H,6,19H2,1-2H3,(H,21,23). The summed E-state index contributed by atoms with van der Waals surface area (Å²) in [6, 6.07) is 3.19. The third-order valence-corrected chi connectivity index (χ3v) is 5.02. The Labute approximate surface area is 156 Å². The zero-order valence-corrected chi connectivity index (χ0v) is 15.2. The van der Waals surface area contributed by atoms with Crippen LogP contribution in [0.4, 0.5) is 10.1 Å². The molecule has 3 N–H and O–H groups in total. The molecule has 3 aromatic rings. The van der Waals surface area contributed by atoms with Crippen molar-refractivity contribution in [1.29, 1.82) is 0 Å². The minimum absolute atomic E-state index is 0.0613. The molecule has 0 spiro atoms. The predicted molar refractivity (Wildman–Crippen MR) is 98.8 cm³/mol. The second-order valence-electron chi connectivity index (χ2n) is 5.73. The van der Waals surface area contributed by atoms with Gasteiger partial charge in [0.15, 0.2) is 6.61 Å². The molecular formula is C17H15FN4O4S. The third-order valence-electron chi connectivity index (χ3n) is 3.90. The summed E-state index contributed by atoms with van der Waals surface area (Å²) < 4.78 is 18.8. The number of ether oxygens (including phenoxy) is 1. The van der Waals surface area contributed by atoms with Crippen LogP contribution in [0.1, 0.15) is 20.8 Å². The predicted octanol–water partition coefficient (Wildman–Crippen LogP) is 1.72. The van der Waals surface area contributed by atoms with Crippen molar-refractivity contribution in [2.75, 3.05) is 17.8 Å². The van der Waals surface area contributed by atoms with Crippen molar-refractivity contribution in [3.63, 3.8) is 0 Å². The molecule has 140 valence electrons. The average Bonchev–Trinajstić information content (AvgIpc) is 2.90. The van der Waals surface area contributed by atoms with E-state index in [0.717, 1.165) is 33.3 Å². The van der Waals surface area contributed by atoms with Crippen LogP contribution in [0.5, 0.6) is 0 Å². The van der Waals surface area contributed by atoms with E-state index in [1.807, 2.05) is 6.92 Å². The number of hydrogen-bond acceptors (Lipinski definition) is 7. The van der Waals surface area contributed by atoms with Crippen LogP contribution < -0.4 is 16.7 Å². The molecule has 3 rings (SSSR count). The van der Waals surface area contributed by atoms with Gasteiger partial charge in [0.25, 0.3) is 11.5 Å². The molecule has 0 unspecified atom stereocenters. The summed E-state index contributed by atoms with van der Waals surface area (Å²) in [5.41, 5.74) is 8.07. The maximum Gasteiger partial charge on any atom is 0.340 e. The van der Waals surface area contributed by atoms with Crippen molar-refractivity contribution in [2.24, 2.45) is 0 Å². The van der Waals surface area contributed by atoms with E-state index in [4.69, 9.17) is 10.5 Å². The number of esters is 1. The van der Waals surface area contributed by atoms with Crippen LogP contribution in [0, 0.1) is 19.7 Å². The van der Waals surface area contributed by atoms with Gasteiger partial charge in [-0.05, 0) is 37.6 Å². The summed E-state index contributed by atoms with van der Waals surface area (Å²) in [5, 5.41) is 0.427. The van der Waals surface area contributed by atoms with Gasteiger partial charge in [-0.1, -0.05) is 0 Å². The molecule has 0 aliphatic carbocycles. The van der Waals surface area contributed by atoms with Gasteiger partial charge in [-0.25, -0.2) is 18.8 Å². The molecule has 0 atom stereocenters. The summed E-state index contributed by atoms with van der Waals surface area (Å²) in [6.45, 7) is 3.03. The van der Waals surface area contributed by atoms with Crippen molar-refractivity contribution in [1.82, 2.24) is 9.66 Å². The number of benzene rings is 1. The zero-order valence-electron chi connectivity index (χ0n) is 14.4. The molecule has 2 aromatic heterocycles. The molecule has 8 nitrogen and oxygen atoms in total. The highest BCUT2D eigenvalue weighted by atomic mass is 32.1. The summed E-state index contributed by atoms with van der Waals surface area (Å²) in [4.78, 5) is 42.1. The van der Waals surface area contributed by atoms with Crippen LogP contribution in [0.2, 0.25) is 0 Å². The molecule has 0 aliphatic heterocycles. The Balaban J connectivity index is 1.70. The number of carbonyl (C=O) groups excluding carboxylic acids is 2. The number of aromatic nitrogens is 2. The number of aryl methyl sites for hydroxylation is 2. The molecular weight excluding hydrogens is 375 g/mol. The fourth-order valence-corrected chi connectivity index (χ4v) is 3.40.